The normalized spacial score (nSPS) is 25.2. The van der Waals surface area contributed by atoms with Gasteiger partial charge in [0.25, 0.3) is 0 Å². The molecule has 0 spiro atoms. The van der Waals surface area contributed by atoms with Gasteiger partial charge in [0.05, 0.1) is 0 Å². The third-order valence-electron chi connectivity index (χ3n) is 5.92. The van der Waals surface area contributed by atoms with Crippen LogP contribution in [-0.4, -0.2) is 69.8 Å². The number of aromatic amines is 1. The summed E-state index contributed by atoms with van der Waals surface area (Å²) in [5, 5.41) is 10.6. The Morgan fingerprint density at radius 3 is 2.84 bits per heavy atom. The van der Waals surface area contributed by atoms with Crippen molar-refractivity contribution >= 4 is 6.03 Å². The standard InChI is InChI=1S/C18H30N6O/c1-12(23(2)15-7-8-15)10-19-18(25)24-9-3-4-14(11-24)17-20-16(21-22-17)13-5-6-13/h12-15H,3-11H2,1-2H3,(H,19,25)(H,20,21,22). The van der Waals surface area contributed by atoms with Crippen LogP contribution >= 0.6 is 0 Å². The number of urea groups is 1. The van der Waals surface area contributed by atoms with Crippen LogP contribution < -0.4 is 5.32 Å². The second kappa shape index (κ2) is 6.94. The zero-order valence-electron chi connectivity index (χ0n) is 15.4. The average Bonchev–Trinajstić information content (AvgIpc) is 3.57. The van der Waals surface area contributed by atoms with Crippen LogP contribution in [0.3, 0.4) is 0 Å². The van der Waals surface area contributed by atoms with Crippen molar-refractivity contribution in [2.75, 3.05) is 26.7 Å². The van der Waals surface area contributed by atoms with E-state index in [-0.39, 0.29) is 11.9 Å². The van der Waals surface area contributed by atoms with Crippen molar-refractivity contribution in [3.63, 3.8) is 0 Å². The minimum Gasteiger partial charge on any atom is -0.336 e. The van der Waals surface area contributed by atoms with Gasteiger partial charge in [0.1, 0.15) is 5.82 Å². The highest BCUT2D eigenvalue weighted by Gasteiger charge is 2.32. The van der Waals surface area contributed by atoms with Crippen LogP contribution in [0, 0.1) is 0 Å². The number of H-pyrrole nitrogens is 1. The van der Waals surface area contributed by atoms with Crippen molar-refractivity contribution in [3.8, 4) is 0 Å². The van der Waals surface area contributed by atoms with E-state index in [1.807, 2.05) is 4.90 Å². The highest BCUT2D eigenvalue weighted by Crippen LogP contribution is 2.38. The van der Waals surface area contributed by atoms with E-state index >= 15 is 0 Å². The molecule has 1 aliphatic heterocycles. The molecule has 2 saturated carbocycles. The molecule has 3 aliphatic rings. The van der Waals surface area contributed by atoms with Crippen molar-refractivity contribution in [1.29, 1.82) is 0 Å². The predicted molar refractivity (Wildman–Crippen MR) is 95.6 cm³/mol. The Kier molecular flexibility index (Phi) is 4.67. The number of carbonyl (C=O) groups is 1. The van der Waals surface area contributed by atoms with Crippen LogP contribution in [0.1, 0.15) is 68.9 Å². The van der Waals surface area contributed by atoms with Crippen LogP contribution in [-0.2, 0) is 0 Å². The Hall–Kier alpha value is -1.63. The maximum atomic E-state index is 12.6. The van der Waals surface area contributed by atoms with Gasteiger partial charge in [0.15, 0.2) is 5.82 Å². The molecule has 1 saturated heterocycles. The summed E-state index contributed by atoms with van der Waals surface area (Å²) in [5.74, 6) is 2.78. The number of hydrogen-bond donors (Lipinski definition) is 2. The number of piperidine rings is 1. The topological polar surface area (TPSA) is 77.1 Å². The molecule has 2 atom stereocenters. The van der Waals surface area contributed by atoms with E-state index in [4.69, 9.17) is 0 Å². The highest BCUT2D eigenvalue weighted by molar-refractivity contribution is 5.74. The van der Waals surface area contributed by atoms with Gasteiger partial charge in [0, 0.05) is 43.6 Å². The molecule has 1 aromatic rings. The second-order valence-corrected chi connectivity index (χ2v) is 8.07. The second-order valence-electron chi connectivity index (χ2n) is 8.07. The fraction of sp³-hybridized carbons (Fsp3) is 0.833. The molecule has 2 heterocycles. The third kappa shape index (κ3) is 3.97. The molecule has 3 fully saturated rings. The Morgan fingerprint density at radius 2 is 2.12 bits per heavy atom. The van der Waals surface area contributed by atoms with Crippen LogP contribution in [0.5, 0.6) is 0 Å². The van der Waals surface area contributed by atoms with Crippen molar-refractivity contribution in [2.45, 2.75) is 69.4 Å². The zero-order chi connectivity index (χ0) is 17.4. The molecule has 0 aromatic carbocycles. The summed E-state index contributed by atoms with van der Waals surface area (Å²) in [5.41, 5.74) is 0. The van der Waals surface area contributed by atoms with Gasteiger partial charge in [-0.25, -0.2) is 9.78 Å². The average molecular weight is 346 g/mol. The predicted octanol–water partition coefficient (Wildman–Crippen LogP) is 2.05. The molecule has 0 radical (unpaired) electrons. The van der Waals surface area contributed by atoms with Gasteiger partial charge in [0.2, 0.25) is 0 Å². The lowest BCUT2D eigenvalue weighted by Gasteiger charge is -2.32. The van der Waals surface area contributed by atoms with Crippen molar-refractivity contribution in [3.05, 3.63) is 11.6 Å². The number of nitrogens with zero attached hydrogens (tertiary/aromatic N) is 4. The number of rotatable bonds is 6. The van der Waals surface area contributed by atoms with E-state index in [2.05, 4.69) is 39.4 Å². The molecule has 7 nitrogen and oxygen atoms in total. The third-order valence-corrected chi connectivity index (χ3v) is 5.92. The quantitative estimate of drug-likeness (QED) is 0.826. The monoisotopic (exact) mass is 346 g/mol. The van der Waals surface area contributed by atoms with Crippen LogP contribution in [0.25, 0.3) is 0 Å². The first kappa shape index (κ1) is 16.8. The number of aromatic nitrogens is 3. The van der Waals surface area contributed by atoms with Crippen LogP contribution in [0.2, 0.25) is 0 Å². The summed E-state index contributed by atoms with van der Waals surface area (Å²) in [6.07, 6.45) is 7.11. The first-order chi connectivity index (χ1) is 12.1. The van der Waals surface area contributed by atoms with E-state index < -0.39 is 0 Å². The zero-order valence-corrected chi connectivity index (χ0v) is 15.4. The first-order valence-electron chi connectivity index (χ1n) is 9.78. The minimum absolute atomic E-state index is 0.0544. The van der Waals surface area contributed by atoms with Gasteiger partial charge in [-0.3, -0.25) is 10.00 Å². The first-order valence-corrected chi connectivity index (χ1v) is 9.78. The van der Waals surface area contributed by atoms with Gasteiger partial charge in [-0.15, -0.1) is 0 Å². The molecule has 4 rings (SSSR count). The summed E-state index contributed by atoms with van der Waals surface area (Å²) < 4.78 is 0. The Morgan fingerprint density at radius 1 is 1.32 bits per heavy atom. The smallest absolute Gasteiger partial charge is 0.317 e. The van der Waals surface area contributed by atoms with Crippen molar-refractivity contribution in [1.82, 2.24) is 30.3 Å². The fourth-order valence-electron chi connectivity index (χ4n) is 3.71. The number of carbonyl (C=O) groups excluding carboxylic acids is 1. The Bertz CT molecular complexity index is 608. The largest absolute Gasteiger partial charge is 0.336 e. The highest BCUT2D eigenvalue weighted by atomic mass is 16.2. The molecule has 2 unspecified atom stereocenters. The summed E-state index contributed by atoms with van der Waals surface area (Å²) in [4.78, 5) is 21.6. The van der Waals surface area contributed by atoms with Gasteiger partial charge in [-0.05, 0) is 52.5 Å². The fourth-order valence-corrected chi connectivity index (χ4v) is 3.71. The van der Waals surface area contributed by atoms with E-state index in [0.717, 1.165) is 43.6 Å². The number of hydrogen-bond acceptors (Lipinski definition) is 4. The summed E-state index contributed by atoms with van der Waals surface area (Å²) in [6, 6.07) is 1.16. The van der Waals surface area contributed by atoms with Gasteiger partial charge in [-0.2, -0.15) is 5.10 Å². The van der Waals surface area contributed by atoms with Gasteiger partial charge >= 0.3 is 6.03 Å². The van der Waals surface area contributed by atoms with Crippen molar-refractivity contribution in [2.24, 2.45) is 0 Å². The SMILES string of the molecule is CC(CNC(=O)N1CCCC(c2n[nH]c(C3CC3)n2)C1)N(C)C1CC1. The van der Waals surface area contributed by atoms with Crippen LogP contribution in [0.15, 0.2) is 0 Å². The van der Waals surface area contributed by atoms with E-state index in [1.165, 1.54) is 25.7 Å². The lowest BCUT2D eigenvalue weighted by Crippen LogP contribution is -2.48. The molecule has 2 N–H and O–H groups in total. The van der Waals surface area contributed by atoms with E-state index in [1.54, 1.807) is 0 Å². The maximum Gasteiger partial charge on any atom is 0.317 e. The Balaban J connectivity index is 1.28. The maximum absolute atomic E-state index is 12.6. The summed E-state index contributed by atoms with van der Waals surface area (Å²) in [6.45, 7) is 4.44. The summed E-state index contributed by atoms with van der Waals surface area (Å²) >= 11 is 0. The molecule has 138 valence electrons. The van der Waals surface area contributed by atoms with Gasteiger partial charge < -0.3 is 10.2 Å². The molecule has 2 amide bonds. The lowest BCUT2D eigenvalue weighted by molar-refractivity contribution is 0.172. The van der Waals surface area contributed by atoms with Gasteiger partial charge in [-0.1, -0.05) is 0 Å². The molecular weight excluding hydrogens is 316 g/mol. The number of likely N-dealkylation sites (N-methyl/N-ethyl adjacent to an activating group) is 1. The van der Waals surface area contributed by atoms with E-state index in [9.17, 15) is 4.79 Å². The Labute approximate surface area is 149 Å². The molecule has 7 heteroatoms. The van der Waals surface area contributed by atoms with Crippen molar-refractivity contribution < 1.29 is 4.79 Å². The van der Waals surface area contributed by atoms with E-state index in [0.29, 0.717) is 18.5 Å². The number of likely N-dealkylation sites (tertiary alicyclic amines) is 1. The summed E-state index contributed by atoms with van der Waals surface area (Å²) in [7, 11) is 2.16. The lowest BCUT2D eigenvalue weighted by atomic mass is 9.97. The molecule has 0 bridgehead atoms. The number of amides is 2. The minimum atomic E-state index is 0.0544. The molecule has 1 aromatic heterocycles. The molecule has 2 aliphatic carbocycles. The van der Waals surface area contributed by atoms with Crippen LogP contribution in [0.4, 0.5) is 4.79 Å². The molecule has 25 heavy (non-hydrogen) atoms. The number of nitrogens with one attached hydrogen (secondary N) is 2. The molecular formula is C18H30N6O.